The zero-order valence-electron chi connectivity index (χ0n) is 11.5. The van der Waals surface area contributed by atoms with E-state index in [2.05, 4.69) is 0 Å². The van der Waals surface area contributed by atoms with Crippen molar-refractivity contribution in [2.45, 2.75) is 25.6 Å². The summed E-state index contributed by atoms with van der Waals surface area (Å²) in [6, 6.07) is 3.12. The van der Waals surface area contributed by atoms with E-state index in [1.54, 1.807) is 13.8 Å². The van der Waals surface area contributed by atoms with Gasteiger partial charge in [-0.25, -0.2) is 4.79 Å². The number of carboxylic acid groups (broad SMARTS) is 1. The van der Waals surface area contributed by atoms with Crippen LogP contribution >= 0.6 is 0 Å². The zero-order valence-corrected chi connectivity index (χ0v) is 11.5. The van der Waals surface area contributed by atoms with Crippen molar-refractivity contribution < 1.29 is 32.5 Å². The van der Waals surface area contributed by atoms with Crippen LogP contribution in [0.3, 0.4) is 0 Å². The fourth-order valence-electron chi connectivity index (χ4n) is 1.70. The maximum Gasteiger partial charge on any atom is 0.421 e. The second kappa shape index (κ2) is 6.21. The second-order valence-electron chi connectivity index (χ2n) is 4.14. The molecule has 21 heavy (non-hydrogen) atoms. The van der Waals surface area contributed by atoms with Crippen LogP contribution in [0.5, 0.6) is 11.5 Å². The fraction of sp³-hybridized carbons (Fsp3) is 0.462. The summed E-state index contributed by atoms with van der Waals surface area (Å²) in [6.07, 6.45) is -5.16. The molecule has 0 fully saturated rings. The molecule has 1 atom stereocenters. The molecular weight excluding hydrogens is 291 g/mol. The Morgan fingerprint density at radius 1 is 1.19 bits per heavy atom. The molecule has 0 aliphatic carbocycles. The first-order valence-electron chi connectivity index (χ1n) is 6.17. The van der Waals surface area contributed by atoms with Gasteiger partial charge in [-0.1, -0.05) is 6.07 Å². The second-order valence-corrected chi connectivity index (χ2v) is 4.14. The highest BCUT2D eigenvalue weighted by atomic mass is 19.4. The van der Waals surface area contributed by atoms with E-state index in [1.807, 2.05) is 0 Å². The van der Waals surface area contributed by atoms with Gasteiger partial charge in [-0.3, -0.25) is 0 Å². The van der Waals surface area contributed by atoms with Crippen LogP contribution in [0.1, 0.15) is 19.4 Å². The van der Waals surface area contributed by atoms with Gasteiger partial charge in [-0.2, -0.15) is 13.2 Å². The molecule has 0 saturated heterocycles. The van der Waals surface area contributed by atoms with E-state index >= 15 is 0 Å². The third kappa shape index (κ3) is 3.21. The average molecular weight is 307 g/mol. The Morgan fingerprint density at radius 2 is 1.71 bits per heavy atom. The lowest BCUT2D eigenvalue weighted by atomic mass is 9.90. The van der Waals surface area contributed by atoms with Crippen LogP contribution in [-0.4, -0.2) is 30.5 Å². The lowest BCUT2D eigenvalue weighted by Gasteiger charge is -2.28. The van der Waals surface area contributed by atoms with Gasteiger partial charge >= 0.3 is 12.1 Å². The van der Waals surface area contributed by atoms with Crippen molar-refractivity contribution in [3.63, 3.8) is 0 Å². The van der Waals surface area contributed by atoms with Crippen molar-refractivity contribution in [2.24, 2.45) is 5.73 Å². The molecule has 3 N–H and O–H groups in total. The van der Waals surface area contributed by atoms with Crippen molar-refractivity contribution in [3.05, 3.63) is 23.8 Å². The zero-order chi connectivity index (χ0) is 16.3. The van der Waals surface area contributed by atoms with Crippen LogP contribution in [-0.2, 0) is 10.3 Å². The number of hydrogen-bond acceptors (Lipinski definition) is 4. The smallest absolute Gasteiger partial charge is 0.421 e. The minimum Gasteiger partial charge on any atom is -0.490 e. The van der Waals surface area contributed by atoms with E-state index in [0.29, 0.717) is 0 Å². The number of carboxylic acids is 1. The largest absolute Gasteiger partial charge is 0.490 e. The van der Waals surface area contributed by atoms with Gasteiger partial charge < -0.3 is 20.3 Å². The molecule has 1 aromatic rings. The van der Waals surface area contributed by atoms with Gasteiger partial charge in [0.2, 0.25) is 5.54 Å². The van der Waals surface area contributed by atoms with Gasteiger partial charge in [0.05, 0.1) is 13.2 Å². The number of benzene rings is 1. The first-order valence-corrected chi connectivity index (χ1v) is 6.17. The molecule has 1 aromatic carbocycles. The van der Waals surface area contributed by atoms with Crippen LogP contribution in [0, 0.1) is 0 Å². The monoisotopic (exact) mass is 307 g/mol. The molecule has 0 aromatic heterocycles. The molecule has 0 heterocycles. The number of ether oxygens (including phenoxy) is 2. The summed E-state index contributed by atoms with van der Waals surface area (Å²) in [4.78, 5) is 11.0. The van der Waals surface area contributed by atoms with Crippen molar-refractivity contribution in [1.29, 1.82) is 0 Å². The maximum absolute atomic E-state index is 13.0. The standard InChI is InChI=1S/C13H16F3NO4/c1-3-20-9-6-5-8(7-10(9)21-4-2)12(17,11(18)19)13(14,15)16/h5-7H,3-4,17H2,1-2H3,(H,18,19). The first kappa shape index (κ1) is 17.1. The number of rotatable bonds is 6. The summed E-state index contributed by atoms with van der Waals surface area (Å²) < 4.78 is 49.5. The Bertz CT molecular complexity index is 519. The van der Waals surface area contributed by atoms with Crippen molar-refractivity contribution in [3.8, 4) is 11.5 Å². The Kier molecular flexibility index (Phi) is 5.06. The summed E-state index contributed by atoms with van der Waals surface area (Å²) in [5.74, 6) is -1.96. The number of carbonyl (C=O) groups is 1. The predicted molar refractivity (Wildman–Crippen MR) is 68.3 cm³/mol. The molecule has 8 heteroatoms. The van der Waals surface area contributed by atoms with Gasteiger partial charge in [-0.05, 0) is 31.5 Å². The van der Waals surface area contributed by atoms with Gasteiger partial charge in [0.25, 0.3) is 0 Å². The van der Waals surface area contributed by atoms with E-state index in [4.69, 9.17) is 20.3 Å². The first-order chi connectivity index (χ1) is 9.68. The molecule has 0 aliphatic heterocycles. The van der Waals surface area contributed by atoms with E-state index in [1.165, 1.54) is 6.07 Å². The number of halogens is 3. The molecule has 0 spiro atoms. The van der Waals surface area contributed by atoms with Gasteiger partial charge in [0.1, 0.15) is 0 Å². The van der Waals surface area contributed by atoms with Crippen molar-refractivity contribution in [2.75, 3.05) is 13.2 Å². The Morgan fingerprint density at radius 3 is 2.14 bits per heavy atom. The van der Waals surface area contributed by atoms with Crippen LogP contribution in [0.4, 0.5) is 13.2 Å². The molecule has 0 radical (unpaired) electrons. The highest BCUT2D eigenvalue weighted by Crippen LogP contribution is 2.40. The van der Waals surface area contributed by atoms with Crippen LogP contribution < -0.4 is 15.2 Å². The van der Waals surface area contributed by atoms with Crippen LogP contribution in [0.2, 0.25) is 0 Å². The molecule has 0 aliphatic rings. The molecule has 0 saturated carbocycles. The molecule has 118 valence electrons. The van der Waals surface area contributed by atoms with E-state index in [9.17, 15) is 18.0 Å². The average Bonchev–Trinajstić information content (AvgIpc) is 2.38. The normalized spacial score (nSPS) is 14.4. The summed E-state index contributed by atoms with van der Waals surface area (Å²) in [5.41, 5.74) is 0.967. The number of alkyl halides is 3. The van der Waals surface area contributed by atoms with Gasteiger partial charge in [0, 0.05) is 0 Å². The molecule has 0 amide bonds. The quantitative estimate of drug-likeness (QED) is 0.842. The summed E-state index contributed by atoms with van der Waals surface area (Å²) in [5, 5.41) is 8.90. The Labute approximate surface area is 119 Å². The molecular formula is C13H16F3NO4. The van der Waals surface area contributed by atoms with E-state index in [0.717, 1.165) is 12.1 Å². The third-order valence-corrected chi connectivity index (χ3v) is 2.78. The van der Waals surface area contributed by atoms with Gasteiger partial charge in [0.15, 0.2) is 11.5 Å². The fourth-order valence-corrected chi connectivity index (χ4v) is 1.70. The van der Waals surface area contributed by atoms with Gasteiger partial charge in [-0.15, -0.1) is 0 Å². The van der Waals surface area contributed by atoms with Crippen LogP contribution in [0.25, 0.3) is 0 Å². The third-order valence-electron chi connectivity index (χ3n) is 2.78. The highest BCUT2D eigenvalue weighted by Gasteiger charge is 2.59. The number of nitrogens with two attached hydrogens (primary N) is 1. The van der Waals surface area contributed by atoms with Crippen LogP contribution in [0.15, 0.2) is 18.2 Å². The topological polar surface area (TPSA) is 81.8 Å². The summed E-state index contributed by atoms with van der Waals surface area (Å²) in [7, 11) is 0. The van der Waals surface area contributed by atoms with Crippen molar-refractivity contribution in [1.82, 2.24) is 0 Å². The minimum absolute atomic E-state index is 0.0113. The SMILES string of the molecule is CCOc1ccc(C(N)(C(=O)O)C(F)(F)F)cc1OCC. The Hall–Kier alpha value is -1.96. The van der Waals surface area contributed by atoms with E-state index < -0.39 is 23.2 Å². The maximum atomic E-state index is 13.0. The molecule has 0 bridgehead atoms. The lowest BCUT2D eigenvalue weighted by Crippen LogP contribution is -2.56. The van der Waals surface area contributed by atoms with Crippen molar-refractivity contribution >= 4 is 5.97 Å². The Balaban J connectivity index is 3.41. The molecule has 5 nitrogen and oxygen atoms in total. The molecule has 1 unspecified atom stereocenters. The summed E-state index contributed by atoms with van der Waals surface area (Å²) >= 11 is 0. The lowest BCUT2D eigenvalue weighted by molar-refractivity contribution is -0.204. The predicted octanol–water partition coefficient (Wildman–Crippen LogP) is 2.28. The summed E-state index contributed by atoms with van der Waals surface area (Å²) in [6.45, 7) is 3.80. The highest BCUT2D eigenvalue weighted by molar-refractivity contribution is 5.82. The number of hydrogen-bond donors (Lipinski definition) is 2. The number of aliphatic carboxylic acids is 1. The minimum atomic E-state index is -5.16. The molecule has 1 rings (SSSR count). The van der Waals surface area contributed by atoms with E-state index in [-0.39, 0.29) is 24.7 Å².